The highest BCUT2D eigenvalue weighted by Gasteiger charge is 2.35. The molecule has 7 nitrogen and oxygen atoms in total. The molecular formula is C25H37N3O4S. The van der Waals surface area contributed by atoms with E-state index < -0.39 is 29.7 Å². The molecule has 3 atom stereocenters. The van der Waals surface area contributed by atoms with E-state index in [2.05, 4.69) is 29.3 Å². The van der Waals surface area contributed by atoms with E-state index >= 15 is 0 Å². The summed E-state index contributed by atoms with van der Waals surface area (Å²) in [4.78, 5) is 39.9. The Balaban J connectivity index is 3.27. The number of terminal acetylenes is 1. The molecule has 0 saturated carbocycles. The number of hydrogen-bond donors (Lipinski definition) is 3. The number of ether oxygens (including phenoxy) is 1. The molecule has 2 N–H and O–H groups in total. The highest BCUT2D eigenvalue weighted by molar-refractivity contribution is 7.80. The number of aryl methyl sites for hydroxylation is 1. The lowest BCUT2D eigenvalue weighted by Crippen LogP contribution is -2.52. The third kappa shape index (κ3) is 9.01. The summed E-state index contributed by atoms with van der Waals surface area (Å²) in [6.45, 7) is 11.1. The van der Waals surface area contributed by atoms with E-state index in [0.29, 0.717) is 5.56 Å². The molecule has 182 valence electrons. The topological polar surface area (TPSA) is 87.7 Å². The van der Waals surface area contributed by atoms with E-state index in [9.17, 15) is 14.4 Å². The number of benzene rings is 1. The molecule has 0 fully saturated rings. The molecule has 0 aliphatic rings. The smallest absolute Gasteiger partial charge is 0.408 e. The van der Waals surface area contributed by atoms with Crippen LogP contribution in [0.3, 0.4) is 0 Å². The largest absolute Gasteiger partial charge is 0.444 e. The van der Waals surface area contributed by atoms with E-state index in [1.807, 2.05) is 32.9 Å². The van der Waals surface area contributed by atoms with Gasteiger partial charge in [0, 0.05) is 17.8 Å². The van der Waals surface area contributed by atoms with Crippen molar-refractivity contribution >= 4 is 30.5 Å². The minimum absolute atomic E-state index is 0.0222. The number of carbonyl (C=O) groups is 3. The molecule has 1 aromatic carbocycles. The third-order valence-corrected chi connectivity index (χ3v) is 5.23. The van der Waals surface area contributed by atoms with Crippen molar-refractivity contribution in [3.8, 4) is 12.5 Å². The third-order valence-electron chi connectivity index (χ3n) is 4.87. The van der Waals surface area contributed by atoms with Crippen LogP contribution in [-0.2, 0) is 20.7 Å². The predicted octanol–water partition coefficient (Wildman–Crippen LogP) is 3.84. The van der Waals surface area contributed by atoms with Gasteiger partial charge in [-0.25, -0.2) is 4.79 Å². The standard InChI is InChI=1S/C25H37N3O4S/c1-8-11-17(4)26-22(29)21(19-14-12-18(9-2)13-15-19)28(10-3)23(30)20(16-33)27-24(31)32-25(5,6)7/h3,12-15,17,20-21,33H,8-9,11,16H2,1-2,4-7H3,(H,26,29)(H,27,31). The SMILES string of the molecule is C#CN(C(=O)C(CS)NC(=O)OC(C)(C)C)C(C(=O)NC(C)CCC)c1ccc(CC)cc1. The van der Waals surface area contributed by atoms with Crippen LogP contribution in [0.2, 0.25) is 0 Å². The van der Waals surface area contributed by atoms with Gasteiger partial charge >= 0.3 is 6.09 Å². The Kier molecular flexibility index (Phi) is 11.3. The molecule has 0 heterocycles. The van der Waals surface area contributed by atoms with Crippen molar-refractivity contribution in [3.05, 3.63) is 35.4 Å². The normalized spacial score (nSPS) is 13.8. The number of amides is 3. The number of nitrogens with one attached hydrogen (secondary N) is 2. The lowest BCUT2D eigenvalue weighted by atomic mass is 10.0. The monoisotopic (exact) mass is 475 g/mol. The Hall–Kier alpha value is -2.66. The van der Waals surface area contributed by atoms with Crippen LogP contribution >= 0.6 is 12.6 Å². The fourth-order valence-electron chi connectivity index (χ4n) is 3.25. The van der Waals surface area contributed by atoms with Gasteiger partial charge in [0.1, 0.15) is 17.7 Å². The van der Waals surface area contributed by atoms with Crippen LogP contribution in [0.1, 0.15) is 71.6 Å². The van der Waals surface area contributed by atoms with Gasteiger partial charge in [0.2, 0.25) is 5.91 Å². The first-order valence-corrected chi connectivity index (χ1v) is 11.9. The quantitative estimate of drug-likeness (QED) is 0.273. The minimum atomic E-state index is -1.07. The van der Waals surface area contributed by atoms with Crippen LogP contribution in [0, 0.1) is 12.5 Å². The van der Waals surface area contributed by atoms with Crippen molar-refractivity contribution in [1.29, 1.82) is 0 Å². The lowest BCUT2D eigenvalue weighted by molar-refractivity contribution is -0.138. The van der Waals surface area contributed by atoms with Crippen LogP contribution < -0.4 is 10.6 Å². The van der Waals surface area contributed by atoms with Crippen molar-refractivity contribution in [1.82, 2.24) is 15.5 Å². The average Bonchev–Trinajstić information content (AvgIpc) is 2.74. The Morgan fingerprint density at radius 2 is 1.76 bits per heavy atom. The van der Waals surface area contributed by atoms with Crippen molar-refractivity contribution in [2.45, 2.75) is 84.5 Å². The zero-order valence-corrected chi connectivity index (χ0v) is 21.4. The molecule has 8 heteroatoms. The maximum Gasteiger partial charge on any atom is 0.408 e. The molecule has 0 bridgehead atoms. The van der Waals surface area contributed by atoms with Gasteiger partial charge in [0.15, 0.2) is 0 Å². The first-order valence-electron chi connectivity index (χ1n) is 11.3. The van der Waals surface area contributed by atoms with Crippen LogP contribution in [0.25, 0.3) is 0 Å². The first kappa shape index (κ1) is 28.4. The van der Waals surface area contributed by atoms with E-state index in [4.69, 9.17) is 11.2 Å². The summed E-state index contributed by atoms with van der Waals surface area (Å²) in [5.41, 5.74) is 0.935. The van der Waals surface area contributed by atoms with E-state index in [0.717, 1.165) is 29.7 Å². The van der Waals surface area contributed by atoms with Crippen molar-refractivity contribution < 1.29 is 19.1 Å². The van der Waals surface area contributed by atoms with Gasteiger partial charge in [-0.15, -0.1) is 0 Å². The van der Waals surface area contributed by atoms with E-state index in [1.54, 1.807) is 32.9 Å². The fraction of sp³-hybridized carbons (Fsp3) is 0.560. The molecule has 0 aromatic heterocycles. The summed E-state index contributed by atoms with van der Waals surface area (Å²) in [6.07, 6.45) is 7.48. The molecule has 0 aliphatic heterocycles. The van der Waals surface area contributed by atoms with E-state index in [-0.39, 0.29) is 17.7 Å². The highest BCUT2D eigenvalue weighted by atomic mass is 32.1. The van der Waals surface area contributed by atoms with Gasteiger partial charge in [-0.05, 0) is 51.7 Å². The zero-order chi connectivity index (χ0) is 25.2. The predicted molar refractivity (Wildman–Crippen MR) is 134 cm³/mol. The fourth-order valence-corrected chi connectivity index (χ4v) is 3.50. The second-order valence-electron chi connectivity index (χ2n) is 8.91. The number of alkyl carbamates (subject to hydrolysis) is 1. The van der Waals surface area contributed by atoms with Gasteiger partial charge < -0.3 is 15.4 Å². The minimum Gasteiger partial charge on any atom is -0.444 e. The van der Waals surface area contributed by atoms with Gasteiger partial charge in [0.25, 0.3) is 5.91 Å². The summed E-state index contributed by atoms with van der Waals surface area (Å²) in [5, 5.41) is 5.45. The van der Waals surface area contributed by atoms with Crippen LogP contribution in [0.15, 0.2) is 24.3 Å². The number of thiol groups is 1. The number of hydrogen-bond acceptors (Lipinski definition) is 5. The maximum atomic E-state index is 13.3. The number of carbonyl (C=O) groups excluding carboxylic acids is 3. The highest BCUT2D eigenvalue weighted by Crippen LogP contribution is 2.23. The number of rotatable bonds is 10. The molecule has 1 rings (SSSR count). The Labute approximate surface area is 203 Å². The second kappa shape index (κ2) is 13.1. The first-order chi connectivity index (χ1) is 15.5. The zero-order valence-electron chi connectivity index (χ0n) is 20.5. The Bertz CT molecular complexity index is 843. The molecule has 1 aromatic rings. The lowest BCUT2D eigenvalue weighted by Gasteiger charge is -2.30. The van der Waals surface area contributed by atoms with Gasteiger partial charge in [-0.1, -0.05) is 51.0 Å². The molecular weight excluding hydrogens is 438 g/mol. The van der Waals surface area contributed by atoms with Crippen LogP contribution in [0.4, 0.5) is 4.79 Å². The summed E-state index contributed by atoms with van der Waals surface area (Å²) in [6, 6.07) is 7.52. The van der Waals surface area contributed by atoms with Gasteiger partial charge in [0.05, 0.1) is 0 Å². The maximum absolute atomic E-state index is 13.3. The molecule has 33 heavy (non-hydrogen) atoms. The summed E-state index contributed by atoms with van der Waals surface area (Å²) < 4.78 is 5.25. The van der Waals surface area contributed by atoms with Gasteiger partial charge in [-0.3, -0.25) is 14.5 Å². The molecule has 3 amide bonds. The molecule has 3 unspecified atom stereocenters. The second-order valence-corrected chi connectivity index (χ2v) is 9.28. The van der Waals surface area contributed by atoms with Crippen LogP contribution in [0.5, 0.6) is 0 Å². The average molecular weight is 476 g/mol. The Morgan fingerprint density at radius 1 is 1.15 bits per heavy atom. The number of nitrogens with zero attached hydrogens (tertiary/aromatic N) is 1. The van der Waals surface area contributed by atoms with Gasteiger partial charge in [-0.2, -0.15) is 12.6 Å². The Morgan fingerprint density at radius 3 is 2.21 bits per heavy atom. The molecule has 0 saturated heterocycles. The van der Waals surface area contributed by atoms with Crippen molar-refractivity contribution in [2.24, 2.45) is 0 Å². The van der Waals surface area contributed by atoms with Crippen molar-refractivity contribution in [2.75, 3.05) is 5.75 Å². The summed E-state index contributed by atoms with van der Waals surface area (Å²) >= 11 is 4.20. The summed E-state index contributed by atoms with van der Waals surface area (Å²) in [7, 11) is 0. The van der Waals surface area contributed by atoms with Crippen LogP contribution in [-0.4, -0.2) is 46.2 Å². The molecule has 0 spiro atoms. The molecule has 0 aliphatic carbocycles. The van der Waals surface area contributed by atoms with E-state index in [1.165, 1.54) is 0 Å². The van der Waals surface area contributed by atoms with Crippen molar-refractivity contribution in [3.63, 3.8) is 0 Å². The summed E-state index contributed by atoms with van der Waals surface area (Å²) in [5.74, 6) is -1.03. The molecule has 0 radical (unpaired) electrons.